The predicted molar refractivity (Wildman–Crippen MR) is 255 cm³/mol. The summed E-state index contributed by atoms with van der Waals surface area (Å²) < 4.78 is 32.2. The first-order valence-corrected chi connectivity index (χ1v) is 23.2. The SMILES string of the molecule is Cc1cc(-c2cnc3c(NCC(C)(C)O)cc(Br)nn23)ccc1C(=O)NC1CC1.Cc1cc(-c2cnc3c(NCC(C)(C)O)cc(Sc4cc(F)ccc4F)nn23)ccc1C(=O)NC1CC1. The maximum absolute atomic E-state index is 14.4. The van der Waals surface area contributed by atoms with E-state index < -0.39 is 22.8 Å². The first-order chi connectivity index (χ1) is 31.3. The molecule has 0 spiro atoms. The summed E-state index contributed by atoms with van der Waals surface area (Å²) in [5, 5.41) is 42.3. The number of hydrogen-bond acceptors (Lipinski definition) is 11. The van der Waals surface area contributed by atoms with Gasteiger partial charge < -0.3 is 31.5 Å². The Balaban J connectivity index is 0.000000185. The number of rotatable bonds is 14. The van der Waals surface area contributed by atoms with Crippen molar-refractivity contribution in [3.63, 3.8) is 0 Å². The molecule has 3 aromatic carbocycles. The molecule has 0 unspecified atom stereocenters. The van der Waals surface area contributed by atoms with Crippen molar-refractivity contribution >= 4 is 62.2 Å². The predicted octanol–water partition coefficient (Wildman–Crippen LogP) is 8.75. The van der Waals surface area contributed by atoms with E-state index in [4.69, 9.17) is 0 Å². The minimum atomic E-state index is -0.994. The first-order valence-electron chi connectivity index (χ1n) is 21.6. The lowest BCUT2D eigenvalue weighted by Crippen LogP contribution is -2.29. The summed E-state index contributed by atoms with van der Waals surface area (Å²) in [5.41, 5.74) is 6.94. The zero-order valence-corrected chi connectivity index (χ0v) is 39.7. The Bertz CT molecular complexity index is 2970. The van der Waals surface area contributed by atoms with Crippen LogP contribution in [0, 0.1) is 25.5 Å². The molecular formula is C48H51BrF2N10O4S. The molecule has 0 atom stereocenters. The summed E-state index contributed by atoms with van der Waals surface area (Å²) >= 11 is 4.44. The molecule has 2 aliphatic carbocycles. The highest BCUT2D eigenvalue weighted by atomic mass is 79.9. The molecule has 344 valence electrons. The third-order valence-corrected chi connectivity index (χ3v) is 12.1. The summed E-state index contributed by atoms with van der Waals surface area (Å²) in [7, 11) is 0. The number of carbonyl (C=O) groups excluding carboxylic acids is 2. The number of carbonyl (C=O) groups is 2. The van der Waals surface area contributed by atoms with E-state index in [0.717, 1.165) is 89.3 Å². The number of amides is 2. The van der Waals surface area contributed by atoms with Crippen LogP contribution in [0.3, 0.4) is 0 Å². The highest BCUT2D eigenvalue weighted by molar-refractivity contribution is 9.10. The molecule has 2 amide bonds. The number of fused-ring (bicyclic) bond motifs is 2. The van der Waals surface area contributed by atoms with Crippen LogP contribution in [0.5, 0.6) is 0 Å². The molecule has 0 radical (unpaired) electrons. The Morgan fingerprint density at radius 1 is 0.712 bits per heavy atom. The summed E-state index contributed by atoms with van der Waals surface area (Å²) in [6.45, 7) is 11.3. The number of aliphatic hydroxyl groups is 2. The number of anilines is 2. The molecule has 9 rings (SSSR count). The average molecular weight is 982 g/mol. The Morgan fingerprint density at radius 3 is 1.67 bits per heavy atom. The average Bonchev–Trinajstić information content (AvgIpc) is 4.16. The van der Waals surface area contributed by atoms with Gasteiger partial charge in [0.1, 0.15) is 21.3 Å². The zero-order valence-electron chi connectivity index (χ0n) is 37.3. The summed E-state index contributed by atoms with van der Waals surface area (Å²) in [6, 6.07) is 18.7. The normalized spacial score (nSPS) is 13.9. The molecule has 6 N–H and O–H groups in total. The van der Waals surface area contributed by atoms with E-state index in [-0.39, 0.29) is 29.3 Å². The van der Waals surface area contributed by atoms with Crippen LogP contribution >= 0.6 is 27.7 Å². The number of hydrogen-bond donors (Lipinski definition) is 6. The molecule has 2 fully saturated rings. The third-order valence-electron chi connectivity index (χ3n) is 10.8. The number of nitrogens with zero attached hydrogens (tertiary/aromatic N) is 6. The van der Waals surface area contributed by atoms with Crippen molar-refractivity contribution in [2.45, 2.75) is 100 Å². The second kappa shape index (κ2) is 18.7. The van der Waals surface area contributed by atoms with Crippen molar-refractivity contribution in [2.75, 3.05) is 23.7 Å². The number of aryl methyl sites for hydroxylation is 2. The number of imidazole rings is 2. The van der Waals surface area contributed by atoms with Gasteiger partial charge in [0.25, 0.3) is 11.8 Å². The largest absolute Gasteiger partial charge is 0.389 e. The second-order valence-electron chi connectivity index (χ2n) is 18.1. The molecular weight excluding hydrogens is 931 g/mol. The monoisotopic (exact) mass is 980 g/mol. The molecule has 7 aromatic rings. The number of benzene rings is 3. The molecule has 2 aliphatic rings. The van der Waals surface area contributed by atoms with Gasteiger partial charge in [-0.05, 0) is 149 Å². The van der Waals surface area contributed by atoms with Crippen LogP contribution in [-0.2, 0) is 0 Å². The van der Waals surface area contributed by atoms with E-state index in [2.05, 4.69) is 57.4 Å². The van der Waals surface area contributed by atoms with Crippen molar-refractivity contribution < 1.29 is 28.6 Å². The lowest BCUT2D eigenvalue weighted by atomic mass is 10.0. The van der Waals surface area contributed by atoms with Crippen LogP contribution in [0.4, 0.5) is 20.2 Å². The zero-order chi connectivity index (χ0) is 47.1. The van der Waals surface area contributed by atoms with Crippen LogP contribution < -0.4 is 21.3 Å². The topological polar surface area (TPSA) is 183 Å². The highest BCUT2D eigenvalue weighted by Gasteiger charge is 2.26. The van der Waals surface area contributed by atoms with Gasteiger partial charge in [0.2, 0.25) is 0 Å². The molecule has 0 saturated heterocycles. The quantitative estimate of drug-likeness (QED) is 0.0613. The van der Waals surface area contributed by atoms with Gasteiger partial charge in [-0.25, -0.2) is 27.8 Å². The maximum atomic E-state index is 14.4. The Morgan fingerprint density at radius 2 is 1.20 bits per heavy atom. The van der Waals surface area contributed by atoms with Crippen LogP contribution in [0.15, 0.2) is 93.6 Å². The molecule has 2 saturated carbocycles. The van der Waals surface area contributed by atoms with Gasteiger partial charge in [-0.1, -0.05) is 23.9 Å². The summed E-state index contributed by atoms with van der Waals surface area (Å²) in [6.07, 6.45) is 7.60. The lowest BCUT2D eigenvalue weighted by Gasteiger charge is -2.19. The Kier molecular flexibility index (Phi) is 13.2. The van der Waals surface area contributed by atoms with E-state index in [0.29, 0.717) is 56.0 Å². The Labute approximate surface area is 393 Å². The van der Waals surface area contributed by atoms with Gasteiger partial charge in [-0.15, -0.1) is 0 Å². The van der Waals surface area contributed by atoms with Crippen molar-refractivity contribution in [2.24, 2.45) is 0 Å². The number of nitrogens with one attached hydrogen (secondary N) is 4. The van der Waals surface area contributed by atoms with E-state index in [1.807, 2.05) is 50.2 Å². The summed E-state index contributed by atoms with van der Waals surface area (Å²) in [5.74, 6) is -1.21. The molecule has 66 heavy (non-hydrogen) atoms. The first kappa shape index (κ1) is 46.6. The fourth-order valence-corrected chi connectivity index (χ4v) is 8.27. The number of halogens is 3. The molecule has 18 heteroatoms. The molecule has 14 nitrogen and oxygen atoms in total. The van der Waals surface area contributed by atoms with E-state index in [1.165, 1.54) is 0 Å². The fourth-order valence-electron chi connectivity index (χ4n) is 7.02. The van der Waals surface area contributed by atoms with Crippen molar-refractivity contribution in [1.82, 2.24) is 39.8 Å². The fraction of sp³-hybridized carbons (Fsp3) is 0.333. The van der Waals surface area contributed by atoms with Crippen molar-refractivity contribution in [3.8, 4) is 22.5 Å². The number of aromatic nitrogens is 6. The standard InChI is InChI=1S/C27H27F2N5O2S.C21H24BrN5O2/c1-15-10-16(4-8-19(15)26(35)32-18-6-7-18)22-13-30-25-21(31-14-27(2,3)36)12-24(33-34(22)25)37-23-11-17(28)5-9-20(23)29;1-12-8-13(4-7-15(12)20(28)25-14-5-6-14)17-10-23-19-16(24-11-21(2,3)29)9-18(22)26-27(17)19/h4-5,8-13,18,31,36H,6-7,14H2,1-3H3,(H,32,35);4,7-10,14,24,29H,5-6,11H2,1-3H3,(H,25,28). The second-order valence-corrected chi connectivity index (χ2v) is 20.0. The third kappa shape index (κ3) is 11.3. The minimum absolute atomic E-state index is 0.0198. The van der Waals surface area contributed by atoms with E-state index >= 15 is 0 Å². The van der Waals surface area contributed by atoms with Crippen LogP contribution in [0.1, 0.15) is 85.2 Å². The van der Waals surface area contributed by atoms with E-state index in [9.17, 15) is 28.6 Å². The van der Waals surface area contributed by atoms with Gasteiger partial charge in [-0.3, -0.25) is 9.59 Å². The molecule has 0 bridgehead atoms. The lowest BCUT2D eigenvalue weighted by molar-refractivity contribution is 0.0939. The van der Waals surface area contributed by atoms with Gasteiger partial charge in [0.15, 0.2) is 11.3 Å². The summed E-state index contributed by atoms with van der Waals surface area (Å²) in [4.78, 5) is 34.1. The van der Waals surface area contributed by atoms with Gasteiger partial charge in [-0.2, -0.15) is 10.2 Å². The molecule has 0 aliphatic heterocycles. The minimum Gasteiger partial charge on any atom is -0.389 e. The van der Waals surface area contributed by atoms with Gasteiger partial charge >= 0.3 is 0 Å². The van der Waals surface area contributed by atoms with Crippen LogP contribution in [-0.4, -0.2) is 87.6 Å². The molecule has 4 aromatic heterocycles. The smallest absolute Gasteiger partial charge is 0.251 e. The van der Waals surface area contributed by atoms with Gasteiger partial charge in [0.05, 0.1) is 51.3 Å². The molecule has 4 heterocycles. The van der Waals surface area contributed by atoms with Crippen LogP contribution in [0.2, 0.25) is 0 Å². The Hall–Kier alpha value is -5.95. The van der Waals surface area contributed by atoms with Gasteiger partial charge in [0, 0.05) is 47.4 Å². The van der Waals surface area contributed by atoms with Crippen molar-refractivity contribution in [3.05, 3.63) is 118 Å². The van der Waals surface area contributed by atoms with E-state index in [1.54, 1.807) is 61.3 Å². The van der Waals surface area contributed by atoms with Crippen LogP contribution in [0.25, 0.3) is 33.8 Å². The highest BCUT2D eigenvalue weighted by Crippen LogP contribution is 2.34. The maximum Gasteiger partial charge on any atom is 0.251 e. The van der Waals surface area contributed by atoms with Crippen molar-refractivity contribution in [1.29, 1.82) is 0 Å².